The molecular formula is C18H18FN5S. The van der Waals surface area contributed by atoms with Crippen molar-refractivity contribution in [3.05, 3.63) is 65.2 Å². The Morgan fingerprint density at radius 3 is 2.84 bits per heavy atom. The molecule has 0 radical (unpaired) electrons. The first-order valence-corrected chi connectivity index (χ1v) is 9.14. The van der Waals surface area contributed by atoms with Crippen molar-refractivity contribution in [2.45, 2.75) is 25.4 Å². The van der Waals surface area contributed by atoms with Gasteiger partial charge in [0.25, 0.3) is 0 Å². The van der Waals surface area contributed by atoms with Crippen LogP contribution in [0.3, 0.4) is 0 Å². The van der Waals surface area contributed by atoms with E-state index >= 15 is 0 Å². The van der Waals surface area contributed by atoms with Crippen LogP contribution in [-0.4, -0.2) is 26.4 Å². The number of likely N-dealkylation sites (tertiary alicyclic amines) is 1. The number of aromatic nitrogens is 3. The molecule has 5 nitrogen and oxygen atoms in total. The molecule has 4 rings (SSSR count). The highest BCUT2D eigenvalue weighted by atomic mass is 32.1. The summed E-state index contributed by atoms with van der Waals surface area (Å²) in [6.45, 7) is 1.81. The van der Waals surface area contributed by atoms with Gasteiger partial charge in [-0.2, -0.15) is 0 Å². The van der Waals surface area contributed by atoms with Crippen LogP contribution in [0.5, 0.6) is 0 Å². The number of rotatable bonds is 5. The van der Waals surface area contributed by atoms with E-state index in [1.54, 1.807) is 12.4 Å². The van der Waals surface area contributed by atoms with E-state index in [4.69, 9.17) is 0 Å². The first kappa shape index (κ1) is 16.1. The largest absolute Gasteiger partial charge is 0.300 e. The SMILES string of the molecule is Fc1ccc(CN2CCCC2c2ccnc(Nc3nccs3)n2)cc1. The second-order valence-electron chi connectivity index (χ2n) is 6.02. The van der Waals surface area contributed by atoms with Gasteiger partial charge in [-0.05, 0) is 43.1 Å². The predicted octanol–water partition coefficient (Wildman–Crippen LogP) is 4.15. The molecule has 0 amide bonds. The van der Waals surface area contributed by atoms with Crippen molar-refractivity contribution in [3.63, 3.8) is 0 Å². The molecule has 0 saturated carbocycles. The Kier molecular flexibility index (Phi) is 4.67. The maximum absolute atomic E-state index is 13.1. The second-order valence-corrected chi connectivity index (χ2v) is 6.92. The standard InChI is InChI=1S/C18H18FN5S/c19-14-5-3-13(4-6-14)12-24-10-1-2-16(24)15-7-8-20-17(22-15)23-18-21-9-11-25-18/h3-9,11,16H,1-2,10,12H2,(H,20,21,22,23). The van der Waals surface area contributed by atoms with E-state index in [1.807, 2.05) is 23.6 Å². The molecule has 2 aromatic heterocycles. The zero-order valence-electron chi connectivity index (χ0n) is 13.6. The summed E-state index contributed by atoms with van der Waals surface area (Å²) in [7, 11) is 0. The van der Waals surface area contributed by atoms with E-state index in [9.17, 15) is 4.39 Å². The summed E-state index contributed by atoms with van der Waals surface area (Å²) in [5, 5.41) is 5.84. The van der Waals surface area contributed by atoms with Crippen molar-refractivity contribution in [2.24, 2.45) is 0 Å². The maximum Gasteiger partial charge on any atom is 0.229 e. The molecule has 3 heterocycles. The third kappa shape index (κ3) is 3.83. The van der Waals surface area contributed by atoms with E-state index in [2.05, 4.69) is 25.2 Å². The van der Waals surface area contributed by atoms with Gasteiger partial charge in [0, 0.05) is 24.3 Å². The normalized spacial score (nSPS) is 17.7. The molecule has 0 bridgehead atoms. The number of hydrogen-bond donors (Lipinski definition) is 1. The van der Waals surface area contributed by atoms with Gasteiger partial charge < -0.3 is 5.32 Å². The Morgan fingerprint density at radius 2 is 2.04 bits per heavy atom. The van der Waals surface area contributed by atoms with Crippen LogP contribution in [-0.2, 0) is 6.54 Å². The predicted molar refractivity (Wildman–Crippen MR) is 96.2 cm³/mol. The molecule has 7 heteroatoms. The van der Waals surface area contributed by atoms with Gasteiger partial charge in [-0.15, -0.1) is 11.3 Å². The first-order valence-electron chi connectivity index (χ1n) is 8.26. The average molecular weight is 355 g/mol. The number of nitrogens with zero attached hydrogens (tertiary/aromatic N) is 4. The summed E-state index contributed by atoms with van der Waals surface area (Å²) in [4.78, 5) is 15.6. The van der Waals surface area contributed by atoms with E-state index in [-0.39, 0.29) is 11.9 Å². The van der Waals surface area contributed by atoms with Crippen molar-refractivity contribution < 1.29 is 4.39 Å². The van der Waals surface area contributed by atoms with Crippen molar-refractivity contribution in [2.75, 3.05) is 11.9 Å². The van der Waals surface area contributed by atoms with Crippen LogP contribution in [0, 0.1) is 5.82 Å². The van der Waals surface area contributed by atoms with Gasteiger partial charge in [-0.1, -0.05) is 12.1 Å². The van der Waals surface area contributed by atoms with E-state index < -0.39 is 0 Å². The summed E-state index contributed by atoms with van der Waals surface area (Å²) < 4.78 is 13.1. The summed E-state index contributed by atoms with van der Waals surface area (Å²) in [5.74, 6) is 0.372. The molecule has 1 aliphatic heterocycles. The Bertz CT molecular complexity index is 822. The van der Waals surface area contributed by atoms with Crippen molar-refractivity contribution >= 4 is 22.4 Å². The third-order valence-electron chi connectivity index (χ3n) is 4.33. The van der Waals surface area contributed by atoms with Crippen LogP contribution in [0.2, 0.25) is 0 Å². The molecule has 1 atom stereocenters. The van der Waals surface area contributed by atoms with Gasteiger partial charge in [0.2, 0.25) is 5.95 Å². The van der Waals surface area contributed by atoms with Crippen molar-refractivity contribution in [3.8, 4) is 0 Å². The molecule has 1 aromatic carbocycles. The Morgan fingerprint density at radius 1 is 1.16 bits per heavy atom. The molecule has 128 valence electrons. The topological polar surface area (TPSA) is 53.9 Å². The van der Waals surface area contributed by atoms with Gasteiger partial charge >= 0.3 is 0 Å². The minimum Gasteiger partial charge on any atom is -0.300 e. The molecule has 1 aliphatic rings. The van der Waals surface area contributed by atoms with Crippen LogP contribution in [0.25, 0.3) is 0 Å². The molecule has 1 fully saturated rings. The number of anilines is 2. The summed E-state index contributed by atoms with van der Waals surface area (Å²) in [6, 6.07) is 8.95. The van der Waals surface area contributed by atoms with Crippen LogP contribution < -0.4 is 5.32 Å². The minimum atomic E-state index is -0.199. The van der Waals surface area contributed by atoms with E-state index in [1.165, 1.54) is 23.5 Å². The zero-order valence-corrected chi connectivity index (χ0v) is 14.4. The molecular weight excluding hydrogens is 337 g/mol. The smallest absolute Gasteiger partial charge is 0.229 e. The molecule has 0 aliphatic carbocycles. The number of benzene rings is 1. The number of halogens is 1. The van der Waals surface area contributed by atoms with Gasteiger partial charge in [0.05, 0.1) is 11.7 Å². The number of thiazole rings is 1. The summed E-state index contributed by atoms with van der Waals surface area (Å²) in [5.41, 5.74) is 2.12. The van der Waals surface area contributed by atoms with Crippen molar-refractivity contribution in [1.82, 2.24) is 19.9 Å². The summed E-state index contributed by atoms with van der Waals surface area (Å²) >= 11 is 1.52. The molecule has 0 spiro atoms. The van der Waals surface area contributed by atoms with Gasteiger partial charge in [-0.25, -0.2) is 19.3 Å². The zero-order chi connectivity index (χ0) is 17.1. The van der Waals surface area contributed by atoms with Crippen LogP contribution in [0.4, 0.5) is 15.5 Å². The Hall–Kier alpha value is -2.38. The lowest BCUT2D eigenvalue weighted by Crippen LogP contribution is -2.23. The highest BCUT2D eigenvalue weighted by Gasteiger charge is 2.27. The number of nitrogens with one attached hydrogen (secondary N) is 1. The van der Waals surface area contributed by atoms with Crippen LogP contribution in [0.1, 0.15) is 30.1 Å². The van der Waals surface area contributed by atoms with Crippen molar-refractivity contribution in [1.29, 1.82) is 0 Å². The fraction of sp³-hybridized carbons (Fsp3) is 0.278. The highest BCUT2D eigenvalue weighted by Crippen LogP contribution is 2.32. The van der Waals surface area contributed by atoms with Crippen LogP contribution >= 0.6 is 11.3 Å². The minimum absolute atomic E-state index is 0.199. The van der Waals surface area contributed by atoms with Crippen LogP contribution in [0.15, 0.2) is 48.1 Å². The quantitative estimate of drug-likeness (QED) is 0.745. The fourth-order valence-corrected chi connectivity index (χ4v) is 3.70. The lowest BCUT2D eigenvalue weighted by atomic mass is 10.1. The molecule has 1 N–H and O–H groups in total. The molecule has 25 heavy (non-hydrogen) atoms. The first-order chi connectivity index (χ1) is 12.3. The fourth-order valence-electron chi connectivity index (χ4n) is 3.17. The lowest BCUT2D eigenvalue weighted by Gasteiger charge is -2.24. The Labute approximate surface area is 149 Å². The highest BCUT2D eigenvalue weighted by molar-refractivity contribution is 7.13. The summed E-state index contributed by atoms with van der Waals surface area (Å²) in [6.07, 6.45) is 5.73. The molecule has 1 unspecified atom stereocenters. The second kappa shape index (κ2) is 7.25. The average Bonchev–Trinajstić information content (AvgIpc) is 3.29. The van der Waals surface area contributed by atoms with E-state index in [0.29, 0.717) is 5.95 Å². The van der Waals surface area contributed by atoms with Gasteiger partial charge in [-0.3, -0.25) is 4.90 Å². The third-order valence-corrected chi connectivity index (χ3v) is 5.02. The number of hydrogen-bond acceptors (Lipinski definition) is 6. The maximum atomic E-state index is 13.1. The monoisotopic (exact) mass is 355 g/mol. The van der Waals surface area contributed by atoms with Gasteiger partial charge in [0.15, 0.2) is 5.13 Å². The molecule has 1 saturated heterocycles. The lowest BCUT2D eigenvalue weighted by molar-refractivity contribution is 0.244. The van der Waals surface area contributed by atoms with Gasteiger partial charge in [0.1, 0.15) is 5.82 Å². The van der Waals surface area contributed by atoms with E-state index in [0.717, 1.165) is 42.3 Å². The molecule has 3 aromatic rings. The Balaban J connectivity index is 1.50.